The third kappa shape index (κ3) is 3.90. The monoisotopic (exact) mass is 477 g/mol. The number of amides is 1. The number of ketones is 1. The molecule has 7 heteroatoms. The second-order valence-corrected chi connectivity index (χ2v) is 11.9. The third-order valence-electron chi connectivity index (χ3n) is 7.28. The van der Waals surface area contributed by atoms with Gasteiger partial charge in [-0.05, 0) is 55.4 Å². The van der Waals surface area contributed by atoms with Gasteiger partial charge in [0, 0.05) is 46.9 Å². The van der Waals surface area contributed by atoms with Gasteiger partial charge in [0.15, 0.2) is 5.78 Å². The number of benzene rings is 1. The maximum Gasteiger partial charge on any atom is 0.254 e. The highest BCUT2D eigenvalue weighted by atomic mass is 32.1. The van der Waals surface area contributed by atoms with Crippen molar-refractivity contribution in [2.75, 3.05) is 20.2 Å². The van der Waals surface area contributed by atoms with Crippen LogP contribution in [0, 0.1) is 12.3 Å². The first-order valence-electron chi connectivity index (χ1n) is 11.9. The maximum absolute atomic E-state index is 13.4. The molecule has 1 saturated heterocycles. The Labute approximate surface area is 204 Å². The molecule has 2 aromatic heterocycles. The molecule has 1 aromatic carbocycles. The first-order chi connectivity index (χ1) is 16.1. The van der Waals surface area contributed by atoms with Gasteiger partial charge in [0.05, 0.1) is 12.1 Å². The van der Waals surface area contributed by atoms with Crippen LogP contribution < -0.4 is 4.74 Å². The number of nitrogens with zero attached hydrogens (tertiary/aromatic N) is 3. The Morgan fingerprint density at radius 1 is 1.18 bits per heavy atom. The van der Waals surface area contributed by atoms with E-state index in [2.05, 4.69) is 25.8 Å². The minimum Gasteiger partial charge on any atom is -0.494 e. The predicted molar refractivity (Wildman–Crippen MR) is 134 cm³/mol. The van der Waals surface area contributed by atoms with Gasteiger partial charge >= 0.3 is 0 Å². The van der Waals surface area contributed by atoms with Crippen molar-refractivity contribution in [2.45, 2.75) is 58.8 Å². The Morgan fingerprint density at radius 3 is 2.59 bits per heavy atom. The number of rotatable bonds is 2. The normalized spacial score (nSPS) is 17.8. The lowest BCUT2D eigenvalue weighted by Gasteiger charge is -2.43. The number of methoxy groups -OCH3 is 1. The lowest BCUT2D eigenvalue weighted by molar-refractivity contribution is 0.0522. The van der Waals surface area contributed by atoms with Gasteiger partial charge in [-0.2, -0.15) is 0 Å². The van der Waals surface area contributed by atoms with E-state index in [4.69, 9.17) is 9.72 Å². The molecular formula is C27H31N3O3S. The highest BCUT2D eigenvalue weighted by Gasteiger charge is 2.44. The van der Waals surface area contributed by atoms with Crippen LogP contribution in [0.25, 0.3) is 10.9 Å². The van der Waals surface area contributed by atoms with Crippen LogP contribution in [-0.4, -0.2) is 46.8 Å². The third-order valence-corrected chi connectivity index (χ3v) is 8.76. The van der Waals surface area contributed by atoms with E-state index in [1.54, 1.807) is 30.7 Å². The molecule has 34 heavy (non-hydrogen) atoms. The molecule has 1 spiro atoms. The summed E-state index contributed by atoms with van der Waals surface area (Å²) in [5.41, 5.74) is 3.02. The Kier molecular flexibility index (Phi) is 5.51. The van der Waals surface area contributed by atoms with Crippen LogP contribution >= 0.6 is 11.3 Å². The van der Waals surface area contributed by atoms with E-state index >= 15 is 0 Å². The number of fused-ring (bicyclic) bond motifs is 2. The molecule has 1 aliphatic carbocycles. The fourth-order valence-electron chi connectivity index (χ4n) is 5.19. The number of thiazole rings is 1. The molecule has 6 nitrogen and oxygen atoms in total. The molecule has 0 unspecified atom stereocenters. The van der Waals surface area contributed by atoms with E-state index in [1.807, 2.05) is 24.0 Å². The summed E-state index contributed by atoms with van der Waals surface area (Å²) >= 11 is 1.69. The highest BCUT2D eigenvalue weighted by molar-refractivity contribution is 7.12. The minimum absolute atomic E-state index is 0.00828. The zero-order valence-electron chi connectivity index (χ0n) is 20.5. The van der Waals surface area contributed by atoms with Crippen molar-refractivity contribution in [3.05, 3.63) is 51.1 Å². The number of pyridine rings is 1. The molecule has 0 radical (unpaired) electrons. The zero-order chi connectivity index (χ0) is 24.3. The fourth-order valence-corrected chi connectivity index (χ4v) is 6.50. The summed E-state index contributed by atoms with van der Waals surface area (Å²) in [5.74, 6) is 0.784. The van der Waals surface area contributed by atoms with E-state index in [9.17, 15) is 9.59 Å². The molecule has 1 aliphatic heterocycles. The van der Waals surface area contributed by atoms with Crippen LogP contribution in [0.3, 0.4) is 0 Å². The van der Waals surface area contributed by atoms with Gasteiger partial charge in [0.2, 0.25) is 0 Å². The first-order valence-corrected chi connectivity index (χ1v) is 12.7. The highest BCUT2D eigenvalue weighted by Crippen LogP contribution is 2.46. The average molecular weight is 478 g/mol. The van der Waals surface area contributed by atoms with Crippen molar-refractivity contribution in [3.63, 3.8) is 0 Å². The van der Waals surface area contributed by atoms with E-state index in [1.165, 1.54) is 0 Å². The van der Waals surface area contributed by atoms with Crippen LogP contribution in [0.1, 0.15) is 76.3 Å². The maximum atomic E-state index is 13.4. The number of aromatic nitrogens is 2. The lowest BCUT2D eigenvalue weighted by atomic mass is 9.68. The number of aryl methyl sites for hydroxylation is 1. The summed E-state index contributed by atoms with van der Waals surface area (Å²) in [4.78, 5) is 38.6. The molecule has 5 rings (SSSR count). The van der Waals surface area contributed by atoms with Gasteiger partial charge in [-0.3, -0.25) is 14.6 Å². The van der Waals surface area contributed by atoms with Crippen molar-refractivity contribution in [3.8, 4) is 5.75 Å². The molecular weight excluding hydrogens is 446 g/mol. The number of ether oxygens (including phenoxy) is 1. The van der Waals surface area contributed by atoms with Crippen molar-refractivity contribution in [1.29, 1.82) is 0 Å². The molecule has 3 aromatic rings. The van der Waals surface area contributed by atoms with Gasteiger partial charge in [0.1, 0.15) is 17.0 Å². The van der Waals surface area contributed by atoms with Gasteiger partial charge in [-0.1, -0.05) is 20.8 Å². The average Bonchev–Trinajstić information content (AvgIpc) is 3.24. The zero-order valence-corrected chi connectivity index (χ0v) is 21.3. The minimum atomic E-state index is -0.0653. The van der Waals surface area contributed by atoms with E-state index in [0.717, 1.165) is 45.6 Å². The van der Waals surface area contributed by atoms with Gasteiger partial charge < -0.3 is 9.64 Å². The standard InChI is InChI=1S/C27H31N3O3S/c1-16-6-9-28-22-18(16)12-17(13-20(22)33-5)24(32)30-10-7-27(8-11-30)14-19(31)23-21(15-27)34-25(29-23)26(2,3)4/h6,9,12-13H,7-8,10-11,14-15H2,1-5H3. The Hall–Kier alpha value is -2.80. The number of carbonyl (C=O) groups excluding carboxylic acids is 2. The molecule has 1 amide bonds. The molecule has 1 fully saturated rings. The summed E-state index contributed by atoms with van der Waals surface area (Å²) < 4.78 is 5.55. The largest absolute Gasteiger partial charge is 0.494 e. The summed E-state index contributed by atoms with van der Waals surface area (Å²) in [6.45, 7) is 9.74. The second-order valence-electron chi connectivity index (χ2n) is 10.8. The number of likely N-dealkylation sites (tertiary alicyclic amines) is 1. The van der Waals surface area contributed by atoms with Gasteiger partial charge in [0.25, 0.3) is 5.91 Å². The Bertz CT molecular complexity index is 1300. The summed E-state index contributed by atoms with van der Waals surface area (Å²) in [6.07, 6.45) is 4.84. The van der Waals surface area contributed by atoms with Crippen LogP contribution in [0.2, 0.25) is 0 Å². The number of carbonyl (C=O) groups is 2. The molecule has 178 valence electrons. The van der Waals surface area contributed by atoms with Crippen molar-refractivity contribution < 1.29 is 14.3 Å². The predicted octanol–water partition coefficient (Wildman–Crippen LogP) is 5.36. The molecule has 0 bridgehead atoms. The SMILES string of the molecule is COc1cc(C(=O)N2CCC3(CC2)CC(=O)c2nc(C(C)(C)C)sc2C3)cc2c(C)ccnc12. The molecule has 0 N–H and O–H groups in total. The smallest absolute Gasteiger partial charge is 0.254 e. The van der Waals surface area contributed by atoms with Crippen LogP contribution in [0.5, 0.6) is 5.75 Å². The number of hydrogen-bond acceptors (Lipinski definition) is 6. The summed E-state index contributed by atoms with van der Waals surface area (Å²) in [5, 5.41) is 1.97. The summed E-state index contributed by atoms with van der Waals surface area (Å²) in [7, 11) is 1.61. The fraction of sp³-hybridized carbons (Fsp3) is 0.481. The number of Topliss-reactive ketones (excluding diaryl/α,β-unsaturated/α-hetero) is 1. The van der Waals surface area contributed by atoms with Crippen LogP contribution in [0.15, 0.2) is 24.4 Å². The number of hydrogen-bond donors (Lipinski definition) is 0. The molecule has 0 atom stereocenters. The van der Waals surface area contributed by atoms with Gasteiger partial charge in [-0.25, -0.2) is 4.98 Å². The quantitative estimate of drug-likeness (QED) is 0.497. The Balaban J connectivity index is 1.36. The van der Waals surface area contributed by atoms with E-state index in [0.29, 0.717) is 36.5 Å². The summed E-state index contributed by atoms with van der Waals surface area (Å²) in [6, 6.07) is 5.66. The van der Waals surface area contributed by atoms with E-state index in [-0.39, 0.29) is 22.5 Å². The molecule has 3 heterocycles. The molecule has 2 aliphatic rings. The van der Waals surface area contributed by atoms with Crippen LogP contribution in [0.4, 0.5) is 0 Å². The van der Waals surface area contributed by atoms with Crippen molar-refractivity contribution in [1.82, 2.24) is 14.9 Å². The van der Waals surface area contributed by atoms with Crippen molar-refractivity contribution >= 4 is 33.9 Å². The lowest BCUT2D eigenvalue weighted by Crippen LogP contribution is -2.46. The molecule has 0 saturated carbocycles. The number of piperidine rings is 1. The topological polar surface area (TPSA) is 72.4 Å². The van der Waals surface area contributed by atoms with Crippen molar-refractivity contribution in [2.24, 2.45) is 5.41 Å². The second kappa shape index (κ2) is 8.15. The first kappa shape index (κ1) is 23.0. The van der Waals surface area contributed by atoms with Gasteiger partial charge in [-0.15, -0.1) is 11.3 Å². The van der Waals surface area contributed by atoms with E-state index < -0.39 is 0 Å². The Morgan fingerprint density at radius 2 is 1.91 bits per heavy atom. The van der Waals surface area contributed by atoms with Crippen LogP contribution in [-0.2, 0) is 11.8 Å².